The summed E-state index contributed by atoms with van der Waals surface area (Å²) in [6, 6.07) is -0.0133. The van der Waals surface area contributed by atoms with Crippen molar-refractivity contribution in [3.63, 3.8) is 0 Å². The Morgan fingerprint density at radius 1 is 1.14 bits per heavy atom. The van der Waals surface area contributed by atoms with E-state index in [9.17, 15) is 9.90 Å². The molecule has 2 aliphatic heterocycles. The number of carbonyl (C=O) groups is 1. The third kappa shape index (κ3) is 2.68. The number of nitrogens with zero attached hydrogens (tertiary/aromatic N) is 1. The molecule has 2 aliphatic rings. The lowest BCUT2D eigenvalue weighted by Gasteiger charge is -2.43. The van der Waals surface area contributed by atoms with Crippen LogP contribution in [0.25, 0.3) is 0 Å². The van der Waals surface area contributed by atoms with Crippen molar-refractivity contribution in [2.45, 2.75) is 89.3 Å². The van der Waals surface area contributed by atoms with Crippen LogP contribution in [0.3, 0.4) is 0 Å². The van der Waals surface area contributed by atoms with Crippen molar-refractivity contribution in [2.75, 3.05) is 6.54 Å². The Balaban J connectivity index is 2.20. The zero-order valence-electron chi connectivity index (χ0n) is 14.3. The van der Waals surface area contributed by atoms with Gasteiger partial charge in [-0.25, -0.2) is 0 Å². The summed E-state index contributed by atoms with van der Waals surface area (Å²) in [4.78, 5) is 14.4. The standard InChI is InChI=1S/C16H31NO3Si/c1-10(2)21(11(3)4,12(5)6)20-15-9-13-14(18)7-8-17(13)16(15)19/h10-15,18H,7-9H2,1-6H3/t13-,14-,15+/m0/s1. The SMILES string of the molecule is CC(C)[Si](O[C@@H]1C[C@H]2[C@@H](O)CCN2C1=O)(C(C)C)C(C)C. The molecule has 0 aromatic carbocycles. The fraction of sp³-hybridized carbons (Fsp3) is 0.938. The van der Waals surface area contributed by atoms with Gasteiger partial charge in [0.05, 0.1) is 12.1 Å². The van der Waals surface area contributed by atoms with E-state index in [1.165, 1.54) is 0 Å². The van der Waals surface area contributed by atoms with E-state index in [0.29, 0.717) is 36.0 Å². The molecule has 0 aromatic heterocycles. The second-order valence-electron chi connectivity index (χ2n) is 7.61. The Kier molecular flexibility index (Phi) is 4.86. The third-order valence-electron chi connectivity index (χ3n) is 5.58. The van der Waals surface area contributed by atoms with E-state index >= 15 is 0 Å². The van der Waals surface area contributed by atoms with Gasteiger partial charge in [-0.15, -0.1) is 0 Å². The van der Waals surface area contributed by atoms with Crippen molar-refractivity contribution in [3.8, 4) is 0 Å². The second kappa shape index (κ2) is 6.01. The lowest BCUT2D eigenvalue weighted by atomic mass is 10.1. The molecule has 2 saturated heterocycles. The molecular formula is C16H31NO3Si. The molecule has 2 fully saturated rings. The summed E-state index contributed by atoms with van der Waals surface area (Å²) in [5, 5.41) is 10.0. The maximum absolute atomic E-state index is 12.6. The number of hydrogen-bond acceptors (Lipinski definition) is 3. The Morgan fingerprint density at radius 2 is 1.67 bits per heavy atom. The van der Waals surface area contributed by atoms with Crippen LogP contribution in [0.2, 0.25) is 16.6 Å². The van der Waals surface area contributed by atoms with Crippen LogP contribution < -0.4 is 0 Å². The van der Waals surface area contributed by atoms with E-state index in [2.05, 4.69) is 41.5 Å². The number of hydrogen-bond donors (Lipinski definition) is 1. The molecule has 21 heavy (non-hydrogen) atoms. The van der Waals surface area contributed by atoms with Gasteiger partial charge in [-0.3, -0.25) is 4.79 Å². The number of amides is 1. The summed E-state index contributed by atoms with van der Waals surface area (Å²) >= 11 is 0. The van der Waals surface area contributed by atoms with Gasteiger partial charge >= 0.3 is 0 Å². The van der Waals surface area contributed by atoms with Crippen molar-refractivity contribution >= 4 is 14.2 Å². The Morgan fingerprint density at radius 3 is 2.10 bits per heavy atom. The number of aliphatic hydroxyl groups excluding tert-OH is 1. The molecule has 0 bridgehead atoms. The zero-order valence-corrected chi connectivity index (χ0v) is 15.3. The van der Waals surface area contributed by atoms with Crippen LogP contribution in [0.15, 0.2) is 0 Å². The molecule has 2 heterocycles. The van der Waals surface area contributed by atoms with Crippen LogP contribution in [0.5, 0.6) is 0 Å². The molecule has 2 rings (SSSR count). The van der Waals surface area contributed by atoms with Crippen LogP contribution in [-0.2, 0) is 9.22 Å². The topological polar surface area (TPSA) is 49.8 Å². The molecule has 1 amide bonds. The van der Waals surface area contributed by atoms with E-state index < -0.39 is 8.32 Å². The van der Waals surface area contributed by atoms with Gasteiger partial charge in [0.25, 0.3) is 5.91 Å². The summed E-state index contributed by atoms with van der Waals surface area (Å²) < 4.78 is 6.62. The van der Waals surface area contributed by atoms with Crippen molar-refractivity contribution < 1.29 is 14.3 Å². The number of rotatable bonds is 5. The average molecular weight is 314 g/mol. The highest BCUT2D eigenvalue weighted by atomic mass is 28.4. The maximum atomic E-state index is 12.6. The van der Waals surface area contributed by atoms with Gasteiger partial charge in [-0.1, -0.05) is 41.5 Å². The first-order valence-electron chi connectivity index (χ1n) is 8.38. The minimum absolute atomic E-state index is 0.0133. The van der Waals surface area contributed by atoms with Crippen LogP contribution in [0.1, 0.15) is 54.4 Å². The van der Waals surface area contributed by atoms with Crippen LogP contribution in [0.4, 0.5) is 0 Å². The zero-order chi connectivity index (χ0) is 15.9. The van der Waals surface area contributed by atoms with E-state index in [0.717, 1.165) is 0 Å². The highest BCUT2D eigenvalue weighted by Crippen LogP contribution is 2.45. The average Bonchev–Trinajstić information content (AvgIpc) is 2.87. The molecule has 1 N–H and O–H groups in total. The molecule has 0 aliphatic carbocycles. The monoisotopic (exact) mass is 313 g/mol. The Bertz CT molecular complexity index is 375. The maximum Gasteiger partial charge on any atom is 0.250 e. The normalized spacial score (nSPS) is 30.1. The minimum atomic E-state index is -2.03. The summed E-state index contributed by atoms with van der Waals surface area (Å²) in [6.07, 6.45) is 0.685. The van der Waals surface area contributed by atoms with Gasteiger partial charge in [0.1, 0.15) is 6.10 Å². The number of fused-ring (bicyclic) bond motifs is 1. The van der Waals surface area contributed by atoms with Crippen LogP contribution >= 0.6 is 0 Å². The fourth-order valence-electron chi connectivity index (χ4n) is 4.65. The molecule has 0 spiro atoms. The molecule has 0 aromatic rings. The van der Waals surface area contributed by atoms with Gasteiger partial charge < -0.3 is 14.4 Å². The molecule has 3 atom stereocenters. The Hall–Kier alpha value is -0.393. The highest BCUT2D eigenvalue weighted by molar-refractivity contribution is 6.77. The lowest BCUT2D eigenvalue weighted by Crippen LogP contribution is -2.51. The predicted octanol–water partition coefficient (Wildman–Crippen LogP) is 2.91. The lowest BCUT2D eigenvalue weighted by molar-refractivity contribution is -0.134. The molecule has 5 heteroatoms. The molecule has 0 unspecified atom stereocenters. The molecule has 0 radical (unpaired) electrons. The van der Waals surface area contributed by atoms with E-state index in [4.69, 9.17) is 4.43 Å². The minimum Gasteiger partial charge on any atom is -0.404 e. The summed E-state index contributed by atoms with van der Waals surface area (Å²) in [5.74, 6) is 0.107. The predicted molar refractivity (Wildman–Crippen MR) is 86.7 cm³/mol. The van der Waals surface area contributed by atoms with Crippen LogP contribution in [0, 0.1) is 0 Å². The summed E-state index contributed by atoms with van der Waals surface area (Å²) in [5.41, 5.74) is 1.43. The summed E-state index contributed by atoms with van der Waals surface area (Å²) in [7, 11) is -2.03. The van der Waals surface area contributed by atoms with Gasteiger partial charge in [0.2, 0.25) is 8.32 Å². The van der Waals surface area contributed by atoms with Gasteiger partial charge in [0, 0.05) is 13.0 Å². The molecule has 4 nitrogen and oxygen atoms in total. The highest BCUT2D eigenvalue weighted by Gasteiger charge is 2.53. The van der Waals surface area contributed by atoms with E-state index in [1.807, 2.05) is 4.90 Å². The van der Waals surface area contributed by atoms with Crippen molar-refractivity contribution in [1.82, 2.24) is 4.90 Å². The first-order chi connectivity index (χ1) is 9.71. The second-order valence-corrected chi connectivity index (χ2v) is 13.0. The number of carbonyl (C=O) groups excluding carboxylic acids is 1. The van der Waals surface area contributed by atoms with Gasteiger partial charge in [0.15, 0.2) is 0 Å². The van der Waals surface area contributed by atoms with Gasteiger partial charge in [-0.05, 0) is 23.0 Å². The number of aliphatic hydroxyl groups is 1. The smallest absolute Gasteiger partial charge is 0.250 e. The van der Waals surface area contributed by atoms with E-state index in [-0.39, 0.29) is 24.2 Å². The molecule has 122 valence electrons. The van der Waals surface area contributed by atoms with Crippen molar-refractivity contribution in [1.29, 1.82) is 0 Å². The van der Waals surface area contributed by atoms with Crippen LogP contribution in [-0.4, -0.2) is 49.0 Å². The van der Waals surface area contributed by atoms with E-state index in [1.54, 1.807) is 0 Å². The first-order valence-corrected chi connectivity index (χ1v) is 10.5. The Labute approximate surface area is 130 Å². The third-order valence-corrected chi connectivity index (χ3v) is 11.7. The molecule has 0 saturated carbocycles. The first kappa shape index (κ1) is 17.0. The summed E-state index contributed by atoms with van der Waals surface area (Å²) in [6.45, 7) is 14.1. The van der Waals surface area contributed by atoms with Crippen molar-refractivity contribution in [2.24, 2.45) is 0 Å². The molecular weight excluding hydrogens is 282 g/mol. The van der Waals surface area contributed by atoms with Crippen molar-refractivity contribution in [3.05, 3.63) is 0 Å². The largest absolute Gasteiger partial charge is 0.404 e. The quantitative estimate of drug-likeness (QED) is 0.794. The van der Waals surface area contributed by atoms with Gasteiger partial charge in [-0.2, -0.15) is 0 Å². The fourth-order valence-corrected chi connectivity index (χ4v) is 10.2.